The number of nitrogens with one attached hydrogen (secondary N) is 2. The van der Waals surface area contributed by atoms with Crippen molar-refractivity contribution in [2.45, 2.75) is 19.4 Å². The third-order valence-electron chi connectivity index (χ3n) is 3.06. The molecule has 3 heterocycles. The second-order valence-electron chi connectivity index (χ2n) is 4.64. The number of rotatable bonds is 4. The number of carbonyl (C=O) groups is 1. The third-order valence-corrected chi connectivity index (χ3v) is 3.06. The predicted octanol–water partition coefficient (Wildman–Crippen LogP) is 1.48. The number of aromatic nitrogens is 4. The predicted molar refractivity (Wildman–Crippen MR) is 74.0 cm³/mol. The van der Waals surface area contributed by atoms with Crippen LogP contribution in [0.4, 0.5) is 0 Å². The highest BCUT2D eigenvalue weighted by molar-refractivity contribution is 5.78. The van der Waals surface area contributed by atoms with E-state index in [2.05, 4.69) is 20.3 Å². The molecule has 0 aliphatic carbocycles. The van der Waals surface area contributed by atoms with E-state index in [4.69, 9.17) is 0 Å². The Morgan fingerprint density at radius 1 is 1.50 bits per heavy atom. The normalized spacial score (nSPS) is 12.4. The molecule has 3 aromatic rings. The Hall–Kier alpha value is -2.63. The third kappa shape index (κ3) is 2.54. The molecule has 0 radical (unpaired) electrons. The summed E-state index contributed by atoms with van der Waals surface area (Å²) in [5.74, 6) is 0.672. The molecule has 3 rings (SSSR count). The van der Waals surface area contributed by atoms with Crippen LogP contribution in [0.5, 0.6) is 0 Å². The van der Waals surface area contributed by atoms with E-state index in [1.54, 1.807) is 12.4 Å². The molecule has 0 aliphatic heterocycles. The van der Waals surface area contributed by atoms with Gasteiger partial charge in [-0.05, 0) is 19.1 Å². The Bertz CT molecular complexity index is 683. The minimum absolute atomic E-state index is 0.0719. The highest BCUT2D eigenvalue weighted by Gasteiger charge is 2.13. The van der Waals surface area contributed by atoms with Crippen molar-refractivity contribution >= 4 is 11.6 Å². The second kappa shape index (κ2) is 5.16. The van der Waals surface area contributed by atoms with Crippen LogP contribution >= 0.6 is 0 Å². The monoisotopic (exact) mass is 269 g/mol. The van der Waals surface area contributed by atoms with Gasteiger partial charge in [-0.15, -0.1) is 0 Å². The van der Waals surface area contributed by atoms with Crippen LogP contribution in [-0.4, -0.2) is 25.3 Å². The lowest BCUT2D eigenvalue weighted by molar-refractivity contribution is -0.121. The van der Waals surface area contributed by atoms with Gasteiger partial charge in [0.25, 0.3) is 0 Å². The first-order valence-corrected chi connectivity index (χ1v) is 6.43. The smallest absolute Gasteiger partial charge is 0.226 e. The fourth-order valence-corrected chi connectivity index (χ4v) is 2.11. The first-order chi connectivity index (χ1) is 9.72. The van der Waals surface area contributed by atoms with Gasteiger partial charge in [0.1, 0.15) is 11.5 Å². The topological polar surface area (TPSA) is 75.1 Å². The number of hydrogen-bond acceptors (Lipinski definition) is 3. The molecule has 1 amide bonds. The lowest BCUT2D eigenvalue weighted by Crippen LogP contribution is -2.28. The molecule has 0 bridgehead atoms. The van der Waals surface area contributed by atoms with Gasteiger partial charge in [-0.2, -0.15) is 0 Å². The molecule has 0 aliphatic rings. The standard InChI is InChI=1S/C14H15N5O/c1-10(14-15-5-6-16-14)17-13(20)8-11-9-19-7-3-2-4-12(19)18-11/h2-7,9-10H,8H2,1H3,(H,15,16)(H,17,20). The van der Waals surface area contributed by atoms with E-state index in [1.807, 2.05) is 41.9 Å². The molecular weight excluding hydrogens is 254 g/mol. The van der Waals surface area contributed by atoms with Crippen molar-refractivity contribution in [3.63, 3.8) is 0 Å². The van der Waals surface area contributed by atoms with Crippen LogP contribution in [-0.2, 0) is 11.2 Å². The number of carbonyl (C=O) groups excluding carboxylic acids is 1. The fourth-order valence-electron chi connectivity index (χ4n) is 2.11. The van der Waals surface area contributed by atoms with Gasteiger partial charge < -0.3 is 14.7 Å². The van der Waals surface area contributed by atoms with Crippen molar-refractivity contribution in [3.05, 3.63) is 54.5 Å². The molecule has 6 heteroatoms. The van der Waals surface area contributed by atoms with Gasteiger partial charge >= 0.3 is 0 Å². The molecule has 0 saturated carbocycles. The summed E-state index contributed by atoms with van der Waals surface area (Å²) in [7, 11) is 0. The van der Waals surface area contributed by atoms with Gasteiger partial charge in [0.15, 0.2) is 0 Å². The molecule has 102 valence electrons. The first kappa shape index (κ1) is 12.4. The number of aromatic amines is 1. The maximum Gasteiger partial charge on any atom is 0.226 e. The zero-order chi connectivity index (χ0) is 13.9. The second-order valence-corrected chi connectivity index (χ2v) is 4.64. The Morgan fingerprint density at radius 2 is 2.40 bits per heavy atom. The fraction of sp³-hybridized carbons (Fsp3) is 0.214. The molecule has 0 fully saturated rings. The van der Waals surface area contributed by atoms with Crippen LogP contribution in [0.25, 0.3) is 5.65 Å². The molecular formula is C14H15N5O. The summed E-state index contributed by atoms with van der Waals surface area (Å²) in [5.41, 5.74) is 1.59. The number of nitrogens with zero attached hydrogens (tertiary/aromatic N) is 3. The Morgan fingerprint density at radius 3 is 3.15 bits per heavy atom. The zero-order valence-corrected chi connectivity index (χ0v) is 11.1. The summed E-state index contributed by atoms with van der Waals surface area (Å²) in [5, 5.41) is 2.89. The van der Waals surface area contributed by atoms with E-state index in [0.29, 0.717) is 0 Å². The van der Waals surface area contributed by atoms with Crippen LogP contribution < -0.4 is 5.32 Å². The average Bonchev–Trinajstić information content (AvgIpc) is 3.07. The molecule has 0 saturated heterocycles. The number of hydrogen-bond donors (Lipinski definition) is 2. The summed E-state index contributed by atoms with van der Waals surface area (Å²) in [6.45, 7) is 1.89. The van der Waals surface area contributed by atoms with Gasteiger partial charge in [0.05, 0.1) is 18.2 Å². The van der Waals surface area contributed by atoms with E-state index in [9.17, 15) is 4.79 Å². The maximum absolute atomic E-state index is 12.0. The number of amides is 1. The molecule has 20 heavy (non-hydrogen) atoms. The van der Waals surface area contributed by atoms with Crippen LogP contribution in [0.1, 0.15) is 24.5 Å². The van der Waals surface area contributed by atoms with Crippen LogP contribution in [0.2, 0.25) is 0 Å². The highest BCUT2D eigenvalue weighted by atomic mass is 16.1. The molecule has 2 N–H and O–H groups in total. The van der Waals surface area contributed by atoms with Gasteiger partial charge in [0.2, 0.25) is 5.91 Å². The summed E-state index contributed by atoms with van der Waals surface area (Å²) in [4.78, 5) is 23.5. The van der Waals surface area contributed by atoms with Crippen LogP contribution in [0.15, 0.2) is 43.0 Å². The minimum Gasteiger partial charge on any atom is -0.347 e. The van der Waals surface area contributed by atoms with E-state index >= 15 is 0 Å². The average molecular weight is 269 g/mol. The molecule has 1 atom stereocenters. The summed E-state index contributed by atoms with van der Waals surface area (Å²) < 4.78 is 1.90. The largest absolute Gasteiger partial charge is 0.347 e. The number of pyridine rings is 1. The van der Waals surface area contributed by atoms with Crippen LogP contribution in [0, 0.1) is 0 Å². The Balaban J connectivity index is 1.66. The van der Waals surface area contributed by atoms with Crippen molar-refractivity contribution in [3.8, 4) is 0 Å². The number of H-pyrrole nitrogens is 1. The van der Waals surface area contributed by atoms with E-state index in [0.717, 1.165) is 17.2 Å². The SMILES string of the molecule is CC(NC(=O)Cc1cn2ccccc2n1)c1ncc[nH]1. The Labute approximate surface area is 115 Å². The molecule has 0 aromatic carbocycles. The lowest BCUT2D eigenvalue weighted by atomic mass is 10.2. The summed E-state index contributed by atoms with van der Waals surface area (Å²) in [6.07, 6.45) is 7.44. The van der Waals surface area contributed by atoms with Gasteiger partial charge in [-0.25, -0.2) is 9.97 Å². The quantitative estimate of drug-likeness (QED) is 0.753. The first-order valence-electron chi connectivity index (χ1n) is 6.43. The van der Waals surface area contributed by atoms with E-state index in [1.165, 1.54) is 0 Å². The van der Waals surface area contributed by atoms with Gasteiger partial charge in [0, 0.05) is 24.8 Å². The zero-order valence-electron chi connectivity index (χ0n) is 11.1. The van der Waals surface area contributed by atoms with Gasteiger partial charge in [-0.1, -0.05) is 6.07 Å². The number of fused-ring (bicyclic) bond motifs is 1. The van der Waals surface area contributed by atoms with Crippen molar-refractivity contribution in [1.82, 2.24) is 24.7 Å². The molecule has 3 aromatic heterocycles. The van der Waals surface area contributed by atoms with Crippen molar-refractivity contribution in [2.75, 3.05) is 0 Å². The molecule has 1 unspecified atom stereocenters. The maximum atomic E-state index is 12.0. The van der Waals surface area contributed by atoms with E-state index < -0.39 is 0 Å². The van der Waals surface area contributed by atoms with Crippen molar-refractivity contribution in [1.29, 1.82) is 0 Å². The highest BCUT2D eigenvalue weighted by Crippen LogP contribution is 2.08. The lowest BCUT2D eigenvalue weighted by Gasteiger charge is -2.10. The van der Waals surface area contributed by atoms with E-state index in [-0.39, 0.29) is 18.4 Å². The number of imidazole rings is 2. The minimum atomic E-state index is -0.144. The Kier molecular flexibility index (Phi) is 3.20. The molecule has 6 nitrogen and oxygen atoms in total. The van der Waals surface area contributed by atoms with Crippen molar-refractivity contribution < 1.29 is 4.79 Å². The molecule has 0 spiro atoms. The summed E-state index contributed by atoms with van der Waals surface area (Å²) in [6, 6.07) is 5.62. The summed E-state index contributed by atoms with van der Waals surface area (Å²) >= 11 is 0. The van der Waals surface area contributed by atoms with Crippen LogP contribution in [0.3, 0.4) is 0 Å². The van der Waals surface area contributed by atoms with Gasteiger partial charge in [-0.3, -0.25) is 4.79 Å². The van der Waals surface area contributed by atoms with Crippen molar-refractivity contribution in [2.24, 2.45) is 0 Å².